The molecule has 0 saturated carbocycles. The molecule has 260 valence electrons. The Kier molecular flexibility index (Phi) is 11.2. The van der Waals surface area contributed by atoms with Crippen molar-refractivity contribution in [1.29, 1.82) is 0 Å². The zero-order chi connectivity index (χ0) is 37.5. The number of carbonyl (C=O) groups is 2. The van der Waals surface area contributed by atoms with Gasteiger partial charge in [0.1, 0.15) is 10.00 Å². The minimum atomic E-state index is -1.15. The fourth-order valence-electron chi connectivity index (χ4n) is 5.28. The van der Waals surface area contributed by atoms with Gasteiger partial charge < -0.3 is 15.6 Å². The molecule has 0 aliphatic carbocycles. The van der Waals surface area contributed by atoms with Crippen LogP contribution in [0.2, 0.25) is 0 Å². The van der Waals surface area contributed by atoms with Crippen molar-refractivity contribution in [2.45, 2.75) is 6.92 Å². The monoisotopic (exact) mass is 732 g/mol. The van der Waals surface area contributed by atoms with Crippen molar-refractivity contribution < 1.29 is 29.3 Å². The summed E-state index contributed by atoms with van der Waals surface area (Å²) in [5.74, 6) is -1.77. The minimum absolute atomic E-state index is 0.00566. The molecule has 0 spiro atoms. The Balaban J connectivity index is 0.000000212. The van der Waals surface area contributed by atoms with Crippen molar-refractivity contribution in [2.75, 3.05) is 7.11 Å². The van der Waals surface area contributed by atoms with Crippen LogP contribution in [-0.2, 0) is 4.74 Å². The molecule has 12 nitrogen and oxygen atoms in total. The van der Waals surface area contributed by atoms with E-state index in [0.29, 0.717) is 32.8 Å². The van der Waals surface area contributed by atoms with Gasteiger partial charge in [-0.15, -0.1) is 11.3 Å². The first kappa shape index (κ1) is 36.6. The van der Waals surface area contributed by atoms with E-state index in [4.69, 9.17) is 22.7 Å². The number of rotatable bonds is 9. The number of nitrogens with two attached hydrogens (primary N) is 1. The van der Waals surface area contributed by atoms with E-state index in [1.165, 1.54) is 42.7 Å². The lowest BCUT2D eigenvalue weighted by Gasteiger charge is -2.10. The normalized spacial score (nSPS) is 10.4. The number of aryl methyl sites for hydroxylation is 1. The van der Waals surface area contributed by atoms with Gasteiger partial charge in [-0.2, -0.15) is 0 Å². The van der Waals surface area contributed by atoms with E-state index < -0.39 is 21.8 Å². The number of thiocarbonyl (C=S) groups is 1. The summed E-state index contributed by atoms with van der Waals surface area (Å²) in [6.45, 7) is 2.02. The molecule has 0 amide bonds. The molecule has 0 saturated heterocycles. The number of para-hydroxylation sites is 2. The second kappa shape index (κ2) is 15.9. The average molecular weight is 733 g/mol. The lowest BCUT2D eigenvalue weighted by atomic mass is 9.96. The van der Waals surface area contributed by atoms with Crippen LogP contribution in [0.1, 0.15) is 31.8 Å². The molecular weight excluding hydrogens is 705 g/mol. The molecule has 6 rings (SSSR count). The zero-order valence-electron chi connectivity index (χ0n) is 27.5. The van der Waals surface area contributed by atoms with Crippen LogP contribution in [0.4, 0.5) is 11.4 Å². The second-order valence-corrected chi connectivity index (χ2v) is 12.4. The molecule has 5 aromatic carbocycles. The molecule has 1 heterocycles. The van der Waals surface area contributed by atoms with Crippen LogP contribution < -0.4 is 5.73 Å². The van der Waals surface area contributed by atoms with Crippen LogP contribution in [0.3, 0.4) is 0 Å². The molecule has 0 fully saturated rings. The third-order valence-corrected chi connectivity index (χ3v) is 8.97. The highest BCUT2D eigenvalue weighted by Crippen LogP contribution is 2.36. The number of hydrogen-bond acceptors (Lipinski definition) is 10. The first-order valence-corrected chi connectivity index (χ1v) is 16.6. The maximum Gasteiger partial charge on any atom is 0.338 e. The number of nitrogens with zero attached hydrogens (tertiary/aromatic N) is 3. The van der Waals surface area contributed by atoms with Gasteiger partial charge in [-0.1, -0.05) is 90.6 Å². The van der Waals surface area contributed by atoms with Gasteiger partial charge in [-0.25, -0.2) is 14.6 Å². The summed E-state index contributed by atoms with van der Waals surface area (Å²) in [7, 11) is 1.24. The maximum atomic E-state index is 12.0. The summed E-state index contributed by atoms with van der Waals surface area (Å²) in [6.07, 6.45) is 0. The van der Waals surface area contributed by atoms with E-state index in [9.17, 15) is 34.9 Å². The van der Waals surface area contributed by atoms with E-state index >= 15 is 0 Å². The molecule has 0 aliphatic heterocycles. The minimum Gasteiger partial charge on any atom is -0.478 e. The highest BCUT2D eigenvalue weighted by Gasteiger charge is 2.23. The van der Waals surface area contributed by atoms with Gasteiger partial charge in [0.25, 0.3) is 11.4 Å². The Bertz CT molecular complexity index is 2360. The number of aromatic carboxylic acids is 1. The topological polar surface area (TPSA) is 189 Å². The highest BCUT2D eigenvalue weighted by atomic mass is 32.1. The lowest BCUT2D eigenvalue weighted by Crippen LogP contribution is -2.12. The Morgan fingerprint density at radius 2 is 1.31 bits per heavy atom. The summed E-state index contributed by atoms with van der Waals surface area (Å²) in [6, 6.07) is 29.8. The smallest absolute Gasteiger partial charge is 0.338 e. The number of esters is 1. The molecule has 14 heteroatoms. The van der Waals surface area contributed by atoms with E-state index in [1.54, 1.807) is 60.7 Å². The number of hydrogen-bond donors (Lipinski definition) is 2. The highest BCUT2D eigenvalue weighted by molar-refractivity contribution is 7.80. The second-order valence-electron chi connectivity index (χ2n) is 11.1. The molecule has 0 aliphatic rings. The van der Waals surface area contributed by atoms with Gasteiger partial charge in [0.15, 0.2) is 0 Å². The standard InChI is InChI=1S/C23H16N2O4S.C15H12N2O4S/c1-14-6-8-15(9-7-14)20-13-30-22(24-20)16-10-11-17(19(12-16)23(26)27)18-4-2-3-5-21(18)25(28)29;1-21-15(18)12-8-9(14(16)22)6-7-10(12)11-4-2-3-5-13(11)17(19)20/h2-13H,1H3,(H,26,27);2-8H,1H3,(H2,16,22). The first-order chi connectivity index (χ1) is 24.9. The molecule has 0 bridgehead atoms. The fourth-order valence-corrected chi connectivity index (χ4v) is 6.24. The molecule has 52 heavy (non-hydrogen) atoms. The number of ether oxygens (including phenoxy) is 1. The predicted octanol–water partition coefficient (Wildman–Crippen LogP) is 8.74. The van der Waals surface area contributed by atoms with Crippen molar-refractivity contribution in [1.82, 2.24) is 4.98 Å². The maximum absolute atomic E-state index is 12.0. The van der Waals surface area contributed by atoms with Crippen molar-refractivity contribution >= 4 is 51.9 Å². The molecule has 1 aromatic heterocycles. The Labute approximate surface area is 306 Å². The van der Waals surface area contributed by atoms with Gasteiger partial charge in [0, 0.05) is 45.3 Å². The van der Waals surface area contributed by atoms with Crippen LogP contribution in [-0.4, -0.2) is 44.0 Å². The van der Waals surface area contributed by atoms with E-state index in [0.717, 1.165) is 16.8 Å². The van der Waals surface area contributed by atoms with E-state index in [-0.39, 0.29) is 33.1 Å². The van der Waals surface area contributed by atoms with Gasteiger partial charge in [0.2, 0.25) is 0 Å². The molecule has 0 radical (unpaired) electrons. The molecule has 6 aromatic rings. The van der Waals surface area contributed by atoms with Crippen LogP contribution in [0.15, 0.2) is 115 Å². The number of methoxy groups -OCH3 is 1. The molecule has 0 unspecified atom stereocenters. The zero-order valence-corrected chi connectivity index (χ0v) is 29.1. The SMILES string of the molecule is COC(=O)c1cc(C(N)=S)ccc1-c1ccccc1[N+](=O)[O-].Cc1ccc(-c2csc(-c3ccc(-c4ccccc4[N+](=O)[O-])c(C(=O)O)c3)n2)cc1. The van der Waals surface area contributed by atoms with Crippen LogP contribution in [0.25, 0.3) is 44.1 Å². The number of thiazole rings is 1. The molecular formula is C38H28N4O8S2. The van der Waals surface area contributed by atoms with Crippen molar-refractivity contribution in [3.05, 3.63) is 157 Å². The number of carbonyl (C=O) groups excluding carboxylic acids is 1. The summed E-state index contributed by atoms with van der Waals surface area (Å²) in [4.78, 5) is 50.2. The number of nitro groups is 2. The largest absolute Gasteiger partial charge is 0.478 e. The van der Waals surface area contributed by atoms with Crippen LogP contribution in [0, 0.1) is 27.2 Å². The summed E-state index contributed by atoms with van der Waals surface area (Å²) in [5, 5.41) is 34.9. The Morgan fingerprint density at radius 1 is 0.769 bits per heavy atom. The Morgan fingerprint density at radius 3 is 1.85 bits per heavy atom. The summed E-state index contributed by atoms with van der Waals surface area (Å²) >= 11 is 6.31. The number of nitro benzene ring substituents is 2. The van der Waals surface area contributed by atoms with Crippen LogP contribution in [0.5, 0.6) is 0 Å². The first-order valence-electron chi connectivity index (χ1n) is 15.3. The third kappa shape index (κ3) is 8.04. The summed E-state index contributed by atoms with van der Waals surface area (Å²) in [5.41, 5.74) is 10.9. The Hall–Kier alpha value is -6.64. The van der Waals surface area contributed by atoms with Crippen LogP contribution >= 0.6 is 23.6 Å². The number of carboxylic acids is 1. The van der Waals surface area contributed by atoms with Gasteiger partial charge in [0.05, 0.1) is 44.9 Å². The number of benzene rings is 5. The fraction of sp³-hybridized carbons (Fsp3) is 0.0526. The van der Waals surface area contributed by atoms with Gasteiger partial charge in [-0.05, 0) is 31.2 Å². The van der Waals surface area contributed by atoms with E-state index in [2.05, 4.69) is 4.98 Å². The van der Waals surface area contributed by atoms with Crippen molar-refractivity contribution in [3.8, 4) is 44.1 Å². The predicted molar refractivity (Wildman–Crippen MR) is 203 cm³/mol. The number of carboxylic acid groups (broad SMARTS) is 1. The van der Waals surface area contributed by atoms with Crippen molar-refractivity contribution in [2.24, 2.45) is 5.73 Å². The molecule has 3 N–H and O–H groups in total. The number of aromatic nitrogens is 1. The third-order valence-electron chi connectivity index (χ3n) is 7.84. The van der Waals surface area contributed by atoms with E-state index in [1.807, 2.05) is 36.6 Å². The molecule has 0 atom stereocenters. The van der Waals surface area contributed by atoms with Gasteiger partial charge >= 0.3 is 11.9 Å². The van der Waals surface area contributed by atoms with Gasteiger partial charge in [-0.3, -0.25) is 20.2 Å². The quantitative estimate of drug-likeness (QED) is 0.0626. The summed E-state index contributed by atoms with van der Waals surface area (Å²) < 4.78 is 4.74. The average Bonchev–Trinajstić information content (AvgIpc) is 3.65. The lowest BCUT2D eigenvalue weighted by molar-refractivity contribution is -0.384. The van der Waals surface area contributed by atoms with Crippen molar-refractivity contribution in [3.63, 3.8) is 0 Å².